The molecular weight excluding hydrogens is 220 g/mol. The normalized spacial score (nSPS) is 12.7. The van der Waals surface area contributed by atoms with Crippen LogP contribution in [0.2, 0.25) is 6.04 Å². The van der Waals surface area contributed by atoms with Crippen molar-refractivity contribution in [3.05, 3.63) is 0 Å². The topological polar surface area (TPSA) is 18.5 Å². The van der Waals surface area contributed by atoms with E-state index in [0.717, 1.165) is 19.3 Å². The second kappa shape index (κ2) is 7.17. The molecule has 0 amide bonds. The third-order valence-corrected chi connectivity index (χ3v) is 3.35. The second-order valence-electron chi connectivity index (χ2n) is 3.17. The second-order valence-corrected chi connectivity index (χ2v) is 6.24. The van der Waals surface area contributed by atoms with Gasteiger partial charge in [0.15, 0.2) is 6.29 Å². The molecule has 0 saturated heterocycles. The largest absolute Gasteiger partial charge is 0.356 e. The van der Waals surface area contributed by atoms with Gasteiger partial charge in [-0.15, -0.1) is 0 Å². The van der Waals surface area contributed by atoms with Crippen molar-refractivity contribution in [2.75, 3.05) is 14.2 Å². The Morgan fingerprint density at radius 2 is 1.77 bits per heavy atom. The Morgan fingerprint density at radius 1 is 1.23 bits per heavy atom. The average Bonchev–Trinajstić information content (AvgIpc) is 2.06. The standard InChI is InChI=1S/C8H20O2S2Si/c1-9-7(10-2)3-4-8(11,12)5-6-13/h7,11-12H,3-6H2,1-2,13H3. The van der Waals surface area contributed by atoms with Gasteiger partial charge in [0.2, 0.25) is 0 Å². The summed E-state index contributed by atoms with van der Waals surface area (Å²) in [6.45, 7) is 0. The Kier molecular flexibility index (Phi) is 7.63. The molecule has 0 rings (SSSR count). The summed E-state index contributed by atoms with van der Waals surface area (Å²) >= 11 is 8.99. The Hall–Kier alpha value is 0.837. The molecular formula is C8H20O2S2Si. The van der Waals surface area contributed by atoms with Crippen molar-refractivity contribution in [3.63, 3.8) is 0 Å². The van der Waals surface area contributed by atoms with Crippen molar-refractivity contribution in [1.82, 2.24) is 0 Å². The minimum absolute atomic E-state index is 0.118. The van der Waals surface area contributed by atoms with E-state index in [1.807, 2.05) is 0 Å². The summed E-state index contributed by atoms with van der Waals surface area (Å²) in [7, 11) is 4.52. The number of thiol groups is 2. The van der Waals surface area contributed by atoms with Crippen molar-refractivity contribution in [2.24, 2.45) is 0 Å². The average molecular weight is 240 g/mol. The highest BCUT2D eigenvalue weighted by atomic mass is 32.2. The quantitative estimate of drug-likeness (QED) is 0.395. The van der Waals surface area contributed by atoms with Crippen LogP contribution in [0.4, 0.5) is 0 Å². The fraction of sp³-hybridized carbons (Fsp3) is 1.00. The number of rotatable bonds is 7. The van der Waals surface area contributed by atoms with Gasteiger partial charge >= 0.3 is 0 Å². The summed E-state index contributed by atoms with van der Waals surface area (Å²) in [6, 6.07) is 1.23. The van der Waals surface area contributed by atoms with Gasteiger partial charge in [-0.25, -0.2) is 0 Å². The zero-order chi connectivity index (χ0) is 10.3. The first-order valence-electron chi connectivity index (χ1n) is 4.56. The van der Waals surface area contributed by atoms with Crippen molar-refractivity contribution in [2.45, 2.75) is 35.7 Å². The molecule has 13 heavy (non-hydrogen) atoms. The smallest absolute Gasteiger partial charge is 0.156 e. The van der Waals surface area contributed by atoms with E-state index in [-0.39, 0.29) is 10.4 Å². The van der Waals surface area contributed by atoms with Crippen molar-refractivity contribution < 1.29 is 9.47 Å². The Balaban J connectivity index is 3.71. The van der Waals surface area contributed by atoms with Crippen LogP contribution in [0.5, 0.6) is 0 Å². The van der Waals surface area contributed by atoms with Crippen LogP contribution in [0.25, 0.3) is 0 Å². The maximum atomic E-state index is 5.09. The van der Waals surface area contributed by atoms with Crippen LogP contribution in [0, 0.1) is 0 Å². The highest BCUT2D eigenvalue weighted by molar-refractivity contribution is 8.00. The van der Waals surface area contributed by atoms with Gasteiger partial charge in [-0.1, -0.05) is 6.04 Å². The molecule has 0 heterocycles. The molecule has 0 aliphatic rings. The van der Waals surface area contributed by atoms with E-state index in [2.05, 4.69) is 25.3 Å². The summed E-state index contributed by atoms with van der Waals surface area (Å²) in [5.74, 6) is 0. The molecule has 0 aliphatic heterocycles. The van der Waals surface area contributed by atoms with Crippen LogP contribution in [0.1, 0.15) is 19.3 Å². The van der Waals surface area contributed by atoms with Crippen molar-refractivity contribution in [3.8, 4) is 0 Å². The summed E-state index contributed by atoms with van der Waals surface area (Å²) in [4.78, 5) is 0. The van der Waals surface area contributed by atoms with E-state index in [9.17, 15) is 0 Å². The van der Waals surface area contributed by atoms with Crippen LogP contribution in [-0.2, 0) is 9.47 Å². The van der Waals surface area contributed by atoms with Crippen molar-refractivity contribution in [1.29, 1.82) is 0 Å². The maximum Gasteiger partial charge on any atom is 0.156 e. The van der Waals surface area contributed by atoms with Gasteiger partial charge in [0.05, 0.1) is 4.08 Å². The minimum Gasteiger partial charge on any atom is -0.356 e. The third kappa shape index (κ3) is 6.85. The molecule has 0 unspecified atom stereocenters. The van der Waals surface area contributed by atoms with E-state index < -0.39 is 0 Å². The van der Waals surface area contributed by atoms with Gasteiger partial charge in [-0.05, 0) is 12.8 Å². The monoisotopic (exact) mass is 240 g/mol. The van der Waals surface area contributed by atoms with Crippen LogP contribution in [-0.4, -0.2) is 34.8 Å². The SMILES string of the molecule is COC(CCC(S)(S)CC[SiH3])OC. The van der Waals surface area contributed by atoms with Gasteiger partial charge in [0, 0.05) is 30.9 Å². The van der Waals surface area contributed by atoms with Gasteiger partial charge < -0.3 is 9.47 Å². The number of ether oxygens (including phenoxy) is 2. The maximum absolute atomic E-state index is 5.09. The van der Waals surface area contributed by atoms with Gasteiger partial charge in [-0.2, -0.15) is 25.3 Å². The highest BCUT2D eigenvalue weighted by Crippen LogP contribution is 2.31. The number of methoxy groups -OCH3 is 2. The molecule has 2 nitrogen and oxygen atoms in total. The molecule has 0 aromatic carbocycles. The van der Waals surface area contributed by atoms with Crippen LogP contribution in [0.15, 0.2) is 0 Å². The third-order valence-electron chi connectivity index (χ3n) is 1.96. The first-order chi connectivity index (χ1) is 6.05. The van der Waals surface area contributed by atoms with Crippen LogP contribution in [0.3, 0.4) is 0 Å². The molecule has 0 radical (unpaired) electrons. The highest BCUT2D eigenvalue weighted by Gasteiger charge is 2.20. The first-order valence-corrected chi connectivity index (χ1v) is 6.87. The molecule has 0 spiro atoms. The lowest BCUT2D eigenvalue weighted by Gasteiger charge is -2.23. The van der Waals surface area contributed by atoms with E-state index in [1.165, 1.54) is 16.3 Å². The summed E-state index contributed by atoms with van der Waals surface area (Å²) < 4.78 is 10.0. The molecule has 0 aliphatic carbocycles. The molecule has 0 aromatic heterocycles. The molecule has 0 N–H and O–H groups in total. The van der Waals surface area contributed by atoms with Crippen LogP contribution >= 0.6 is 25.3 Å². The van der Waals surface area contributed by atoms with Gasteiger partial charge in [0.25, 0.3) is 0 Å². The summed E-state index contributed by atoms with van der Waals surface area (Å²) in [5, 5.41) is 0. The Bertz CT molecular complexity index is 129. The fourth-order valence-corrected chi connectivity index (χ4v) is 3.61. The van der Waals surface area contributed by atoms with Crippen molar-refractivity contribution >= 4 is 35.5 Å². The molecule has 0 saturated carbocycles. The van der Waals surface area contributed by atoms with Gasteiger partial charge in [-0.3, -0.25) is 0 Å². The lowest BCUT2D eigenvalue weighted by atomic mass is 10.2. The first kappa shape index (κ1) is 13.8. The lowest BCUT2D eigenvalue weighted by Crippen LogP contribution is -2.19. The fourth-order valence-electron chi connectivity index (χ4n) is 1.21. The minimum atomic E-state index is -0.156. The van der Waals surface area contributed by atoms with E-state index >= 15 is 0 Å². The Morgan fingerprint density at radius 3 is 2.15 bits per heavy atom. The Labute approximate surface area is 95.0 Å². The molecule has 80 valence electrons. The van der Waals surface area contributed by atoms with E-state index in [1.54, 1.807) is 14.2 Å². The van der Waals surface area contributed by atoms with E-state index in [4.69, 9.17) is 9.47 Å². The molecule has 0 bridgehead atoms. The molecule has 0 aromatic rings. The van der Waals surface area contributed by atoms with E-state index in [0.29, 0.717) is 0 Å². The summed E-state index contributed by atoms with van der Waals surface area (Å²) in [6.07, 6.45) is 2.70. The van der Waals surface area contributed by atoms with Gasteiger partial charge in [0.1, 0.15) is 0 Å². The summed E-state index contributed by atoms with van der Waals surface area (Å²) in [5.41, 5.74) is 0. The number of hydrogen-bond donors (Lipinski definition) is 2. The molecule has 0 fully saturated rings. The predicted octanol–water partition coefficient (Wildman–Crippen LogP) is 1.12. The molecule has 5 heteroatoms. The lowest BCUT2D eigenvalue weighted by molar-refractivity contribution is -0.107. The predicted molar refractivity (Wildman–Crippen MR) is 67.1 cm³/mol. The van der Waals surface area contributed by atoms with Crippen LogP contribution < -0.4 is 0 Å². The zero-order valence-electron chi connectivity index (χ0n) is 8.62. The zero-order valence-corrected chi connectivity index (χ0v) is 12.4. The number of hydrogen-bond acceptors (Lipinski definition) is 4. The molecule has 0 atom stereocenters.